The maximum atomic E-state index is 13.2. The third kappa shape index (κ3) is 1.35. The van der Waals surface area contributed by atoms with Crippen molar-refractivity contribution in [2.24, 2.45) is 0 Å². The second-order valence-corrected chi connectivity index (χ2v) is 3.50. The summed E-state index contributed by atoms with van der Waals surface area (Å²) in [7, 11) is 1.89. The monoisotopic (exact) mass is 196 g/mol. The van der Waals surface area contributed by atoms with Gasteiger partial charge < -0.3 is 0 Å². The molecule has 0 radical (unpaired) electrons. The summed E-state index contributed by atoms with van der Waals surface area (Å²) in [6.07, 6.45) is 0. The molecule has 0 unspecified atom stereocenters. The van der Waals surface area contributed by atoms with Gasteiger partial charge in [-0.25, -0.2) is 0 Å². The quantitative estimate of drug-likeness (QED) is 0.507. The Hall–Kier alpha value is -1.49. The number of rotatable bonds is 1. The van der Waals surface area contributed by atoms with E-state index in [1.54, 1.807) is 0 Å². The average Bonchev–Trinajstić information content (AvgIpc) is 2.42. The number of fused-ring (bicyclic) bond motifs is 1. The molecule has 0 aliphatic carbocycles. The lowest BCUT2D eigenvalue weighted by molar-refractivity contribution is -0.387. The molecule has 5 heteroatoms. The maximum Gasteiger partial charge on any atom is 0.305 e. The van der Waals surface area contributed by atoms with E-state index in [4.69, 9.17) is 0 Å². The second-order valence-electron chi connectivity index (χ2n) is 3.50. The first kappa shape index (κ1) is 9.08. The van der Waals surface area contributed by atoms with Crippen LogP contribution in [0.2, 0.25) is 0 Å². The first-order valence-electron chi connectivity index (χ1n) is 4.22. The minimum Gasteiger partial charge on any atom is -0.298 e. The molecular formula is C9H9FN2O2. The van der Waals surface area contributed by atoms with Crippen LogP contribution in [0.1, 0.15) is 11.1 Å². The lowest BCUT2D eigenvalue weighted by Crippen LogP contribution is -2.07. The van der Waals surface area contributed by atoms with E-state index < -0.39 is 16.4 Å². The minimum absolute atomic E-state index is 0.431. The van der Waals surface area contributed by atoms with Crippen molar-refractivity contribution in [3.8, 4) is 0 Å². The van der Waals surface area contributed by atoms with Gasteiger partial charge in [0, 0.05) is 19.2 Å². The van der Waals surface area contributed by atoms with E-state index in [-0.39, 0.29) is 0 Å². The van der Waals surface area contributed by atoms with Gasteiger partial charge >= 0.3 is 5.69 Å². The number of benzene rings is 1. The fourth-order valence-corrected chi connectivity index (χ4v) is 1.72. The van der Waals surface area contributed by atoms with Crippen LogP contribution in [0.3, 0.4) is 0 Å². The molecule has 4 nitrogen and oxygen atoms in total. The van der Waals surface area contributed by atoms with E-state index in [1.165, 1.54) is 12.1 Å². The van der Waals surface area contributed by atoms with Crippen LogP contribution in [-0.2, 0) is 13.1 Å². The molecule has 1 aromatic rings. The van der Waals surface area contributed by atoms with E-state index >= 15 is 0 Å². The van der Waals surface area contributed by atoms with Gasteiger partial charge in [-0.05, 0) is 24.2 Å². The summed E-state index contributed by atoms with van der Waals surface area (Å²) in [5, 5.41) is 10.5. The Bertz CT molecular complexity index is 406. The SMILES string of the molecule is CN1Cc2cc(F)c([N+](=O)[O-])cc2C1. The molecule has 1 aliphatic rings. The molecule has 0 fully saturated rings. The molecule has 0 amide bonds. The van der Waals surface area contributed by atoms with E-state index in [9.17, 15) is 14.5 Å². The molecule has 0 saturated heterocycles. The molecule has 74 valence electrons. The number of nitro groups is 1. The molecule has 0 saturated carbocycles. The van der Waals surface area contributed by atoms with Crippen LogP contribution in [0.4, 0.5) is 10.1 Å². The van der Waals surface area contributed by atoms with E-state index in [1.807, 2.05) is 11.9 Å². The van der Waals surface area contributed by atoms with Crippen molar-refractivity contribution in [2.45, 2.75) is 13.1 Å². The summed E-state index contributed by atoms with van der Waals surface area (Å²) in [4.78, 5) is 11.7. The molecule has 0 atom stereocenters. The van der Waals surface area contributed by atoms with Gasteiger partial charge in [-0.15, -0.1) is 0 Å². The zero-order valence-electron chi connectivity index (χ0n) is 7.66. The van der Waals surface area contributed by atoms with Gasteiger partial charge in [0.25, 0.3) is 0 Å². The third-order valence-electron chi connectivity index (χ3n) is 2.35. The van der Waals surface area contributed by atoms with Crippen molar-refractivity contribution in [2.75, 3.05) is 7.05 Å². The number of hydrogen-bond donors (Lipinski definition) is 0. The molecule has 2 rings (SSSR count). The molecule has 0 aromatic heterocycles. The van der Waals surface area contributed by atoms with Crippen molar-refractivity contribution in [1.29, 1.82) is 0 Å². The smallest absolute Gasteiger partial charge is 0.298 e. The molecule has 0 bridgehead atoms. The summed E-state index contributed by atoms with van der Waals surface area (Å²) < 4.78 is 13.2. The van der Waals surface area contributed by atoms with Crippen LogP contribution in [0.25, 0.3) is 0 Å². The molecule has 1 aromatic carbocycles. The predicted octanol–water partition coefficient (Wildman–Crippen LogP) is 1.68. The highest BCUT2D eigenvalue weighted by molar-refractivity contribution is 5.43. The highest BCUT2D eigenvalue weighted by Gasteiger charge is 2.22. The molecule has 1 heterocycles. The zero-order valence-corrected chi connectivity index (χ0v) is 7.66. The normalized spacial score (nSPS) is 15.6. The standard InChI is InChI=1S/C9H9FN2O2/c1-11-4-6-2-8(10)9(12(13)14)3-7(6)5-11/h2-3H,4-5H2,1H3. The lowest BCUT2D eigenvalue weighted by atomic mass is 10.1. The van der Waals surface area contributed by atoms with E-state index in [2.05, 4.69) is 0 Å². The van der Waals surface area contributed by atoms with Gasteiger partial charge in [0.05, 0.1) is 4.92 Å². The third-order valence-corrected chi connectivity index (χ3v) is 2.35. The summed E-state index contributed by atoms with van der Waals surface area (Å²) in [6, 6.07) is 2.59. The molecule has 0 spiro atoms. The van der Waals surface area contributed by atoms with Crippen LogP contribution >= 0.6 is 0 Å². The molecule has 0 N–H and O–H groups in total. The highest BCUT2D eigenvalue weighted by atomic mass is 19.1. The number of halogens is 1. The van der Waals surface area contributed by atoms with E-state index in [0.717, 1.165) is 11.1 Å². The Kier molecular flexibility index (Phi) is 1.96. The van der Waals surface area contributed by atoms with Crippen LogP contribution < -0.4 is 0 Å². The van der Waals surface area contributed by atoms with Crippen LogP contribution in [0.15, 0.2) is 12.1 Å². The number of nitrogens with zero attached hydrogens (tertiary/aromatic N) is 2. The summed E-state index contributed by atoms with van der Waals surface area (Å²) in [6.45, 7) is 1.31. The molecule has 14 heavy (non-hydrogen) atoms. The van der Waals surface area contributed by atoms with Crippen LogP contribution in [0.5, 0.6) is 0 Å². The van der Waals surface area contributed by atoms with Gasteiger partial charge in [0.2, 0.25) is 5.82 Å². The van der Waals surface area contributed by atoms with E-state index in [0.29, 0.717) is 13.1 Å². The fraction of sp³-hybridized carbons (Fsp3) is 0.333. The Morgan fingerprint density at radius 2 is 2.00 bits per heavy atom. The number of hydrogen-bond acceptors (Lipinski definition) is 3. The topological polar surface area (TPSA) is 46.4 Å². The first-order valence-corrected chi connectivity index (χ1v) is 4.22. The molecule has 1 aliphatic heterocycles. The maximum absolute atomic E-state index is 13.2. The summed E-state index contributed by atoms with van der Waals surface area (Å²) >= 11 is 0. The second kappa shape index (κ2) is 3.02. The Balaban J connectivity index is 2.50. The zero-order chi connectivity index (χ0) is 10.3. The van der Waals surface area contributed by atoms with Crippen molar-refractivity contribution < 1.29 is 9.31 Å². The van der Waals surface area contributed by atoms with Gasteiger partial charge in [0.1, 0.15) is 0 Å². The first-order chi connectivity index (χ1) is 6.58. The predicted molar refractivity (Wildman–Crippen MR) is 48.2 cm³/mol. The van der Waals surface area contributed by atoms with Crippen LogP contribution in [0, 0.1) is 15.9 Å². The fourth-order valence-electron chi connectivity index (χ4n) is 1.72. The summed E-state index contributed by atoms with van der Waals surface area (Å²) in [5.74, 6) is -0.746. The largest absolute Gasteiger partial charge is 0.305 e. The van der Waals surface area contributed by atoms with Crippen molar-refractivity contribution in [3.05, 3.63) is 39.2 Å². The average molecular weight is 196 g/mol. The lowest BCUT2D eigenvalue weighted by Gasteiger charge is -2.02. The van der Waals surface area contributed by atoms with Gasteiger partial charge in [-0.1, -0.05) is 0 Å². The Morgan fingerprint density at radius 1 is 1.43 bits per heavy atom. The van der Waals surface area contributed by atoms with Crippen molar-refractivity contribution >= 4 is 5.69 Å². The summed E-state index contributed by atoms with van der Waals surface area (Å²) in [5.41, 5.74) is 1.26. The van der Waals surface area contributed by atoms with Crippen LogP contribution in [-0.4, -0.2) is 16.9 Å². The molecular weight excluding hydrogens is 187 g/mol. The minimum atomic E-state index is -0.746. The van der Waals surface area contributed by atoms with Gasteiger partial charge in [0.15, 0.2) is 0 Å². The van der Waals surface area contributed by atoms with Gasteiger partial charge in [-0.3, -0.25) is 15.0 Å². The Morgan fingerprint density at radius 3 is 2.57 bits per heavy atom. The highest BCUT2D eigenvalue weighted by Crippen LogP contribution is 2.28. The number of nitro benzene ring substituents is 1. The van der Waals surface area contributed by atoms with Crippen molar-refractivity contribution in [1.82, 2.24) is 4.90 Å². The van der Waals surface area contributed by atoms with Gasteiger partial charge in [-0.2, -0.15) is 4.39 Å². The van der Waals surface area contributed by atoms with Crippen molar-refractivity contribution in [3.63, 3.8) is 0 Å². The Labute approximate surface area is 80.1 Å².